The third-order valence-corrected chi connectivity index (χ3v) is 6.09. The van der Waals surface area contributed by atoms with Crippen LogP contribution < -0.4 is 0 Å². The standard InChI is InChI=1S/C24H21N5O2S/c1-16-9-11-17(12-10-16)19-14-20(21-8-5-13-31-21)29(28-19)22(30)15-32-24-25-23(26-27-24)18-6-3-2-4-7-18/h2-13,20H,14-15H2,1H3,(H,25,26,27)/t20-/m0/s1. The summed E-state index contributed by atoms with van der Waals surface area (Å²) in [5, 5.41) is 13.9. The van der Waals surface area contributed by atoms with E-state index >= 15 is 0 Å². The molecule has 0 saturated carbocycles. The van der Waals surface area contributed by atoms with E-state index in [1.54, 1.807) is 6.26 Å². The third kappa shape index (κ3) is 4.22. The van der Waals surface area contributed by atoms with Gasteiger partial charge in [-0.15, -0.1) is 5.10 Å². The van der Waals surface area contributed by atoms with Gasteiger partial charge in [-0.05, 0) is 24.6 Å². The Bertz CT molecular complexity index is 1230. The van der Waals surface area contributed by atoms with Crippen molar-refractivity contribution in [3.63, 3.8) is 0 Å². The lowest BCUT2D eigenvalue weighted by atomic mass is 10.0. The fraction of sp³-hybridized carbons (Fsp3) is 0.167. The zero-order valence-corrected chi connectivity index (χ0v) is 18.2. The Morgan fingerprint density at radius 3 is 2.66 bits per heavy atom. The fourth-order valence-corrected chi connectivity index (χ4v) is 4.24. The van der Waals surface area contributed by atoms with Gasteiger partial charge in [-0.2, -0.15) is 5.10 Å². The molecule has 160 valence electrons. The maximum Gasteiger partial charge on any atom is 0.253 e. The number of nitrogens with zero attached hydrogens (tertiary/aromatic N) is 4. The Labute approximate surface area is 189 Å². The van der Waals surface area contributed by atoms with Gasteiger partial charge in [-0.3, -0.25) is 9.89 Å². The number of thioether (sulfide) groups is 1. The quantitative estimate of drug-likeness (QED) is 0.431. The van der Waals surface area contributed by atoms with Crippen LogP contribution in [0, 0.1) is 6.92 Å². The highest BCUT2D eigenvalue weighted by atomic mass is 32.2. The summed E-state index contributed by atoms with van der Waals surface area (Å²) in [6.07, 6.45) is 2.22. The van der Waals surface area contributed by atoms with Gasteiger partial charge in [-0.25, -0.2) is 9.99 Å². The lowest BCUT2D eigenvalue weighted by Crippen LogP contribution is -2.28. The van der Waals surface area contributed by atoms with Gasteiger partial charge in [0.15, 0.2) is 5.82 Å². The van der Waals surface area contributed by atoms with Crippen LogP contribution in [0.3, 0.4) is 0 Å². The number of H-pyrrole nitrogens is 1. The Morgan fingerprint density at radius 2 is 1.91 bits per heavy atom. The summed E-state index contributed by atoms with van der Waals surface area (Å²) < 4.78 is 5.61. The molecule has 1 N–H and O–H groups in total. The second kappa shape index (κ2) is 8.84. The molecule has 8 heteroatoms. The number of aromatic nitrogens is 3. The van der Waals surface area contributed by atoms with Crippen molar-refractivity contribution in [2.45, 2.75) is 24.5 Å². The molecule has 5 rings (SSSR count). The molecule has 0 spiro atoms. The SMILES string of the molecule is Cc1ccc(C2=NN(C(=O)CSc3n[nH]c(-c4ccccc4)n3)[C@H](c3ccco3)C2)cc1. The largest absolute Gasteiger partial charge is 0.467 e. The second-order valence-corrected chi connectivity index (χ2v) is 8.45. The minimum absolute atomic E-state index is 0.121. The summed E-state index contributed by atoms with van der Waals surface area (Å²) in [6.45, 7) is 2.05. The van der Waals surface area contributed by atoms with Gasteiger partial charge in [0.25, 0.3) is 5.91 Å². The minimum Gasteiger partial charge on any atom is -0.467 e. The highest BCUT2D eigenvalue weighted by Crippen LogP contribution is 2.34. The molecule has 1 aliphatic heterocycles. The summed E-state index contributed by atoms with van der Waals surface area (Å²) in [5.41, 5.74) is 4.01. The van der Waals surface area contributed by atoms with Crippen LogP contribution >= 0.6 is 11.8 Å². The molecule has 1 amide bonds. The smallest absolute Gasteiger partial charge is 0.253 e. The topological polar surface area (TPSA) is 87.4 Å². The van der Waals surface area contributed by atoms with E-state index in [1.165, 1.54) is 22.3 Å². The molecule has 0 aliphatic carbocycles. The highest BCUT2D eigenvalue weighted by Gasteiger charge is 2.34. The van der Waals surface area contributed by atoms with E-state index in [0.29, 0.717) is 17.4 Å². The second-order valence-electron chi connectivity index (χ2n) is 7.51. The number of amides is 1. The summed E-state index contributed by atoms with van der Waals surface area (Å²) in [5.74, 6) is 1.45. The van der Waals surface area contributed by atoms with Crippen LogP contribution in [0.25, 0.3) is 11.4 Å². The summed E-state index contributed by atoms with van der Waals surface area (Å²) in [6, 6.07) is 21.4. The first-order valence-electron chi connectivity index (χ1n) is 10.3. The van der Waals surface area contributed by atoms with Crippen molar-refractivity contribution in [2.75, 3.05) is 5.75 Å². The Kier molecular flexibility index (Phi) is 5.60. The number of carbonyl (C=O) groups is 1. The van der Waals surface area contributed by atoms with E-state index in [1.807, 2.05) is 73.7 Å². The van der Waals surface area contributed by atoms with Crippen LogP contribution in [0.4, 0.5) is 0 Å². The van der Waals surface area contributed by atoms with Crippen molar-refractivity contribution >= 4 is 23.4 Å². The molecule has 3 heterocycles. The van der Waals surface area contributed by atoms with Crippen LogP contribution in [0.2, 0.25) is 0 Å². The number of benzene rings is 2. The van der Waals surface area contributed by atoms with Crippen molar-refractivity contribution in [2.24, 2.45) is 5.10 Å². The van der Waals surface area contributed by atoms with E-state index in [-0.39, 0.29) is 17.7 Å². The third-order valence-electron chi connectivity index (χ3n) is 5.26. The van der Waals surface area contributed by atoms with Crippen LogP contribution in [-0.2, 0) is 4.79 Å². The van der Waals surface area contributed by atoms with E-state index < -0.39 is 0 Å². The molecule has 0 saturated heterocycles. The highest BCUT2D eigenvalue weighted by molar-refractivity contribution is 7.99. The number of aromatic amines is 1. The number of nitrogens with one attached hydrogen (secondary N) is 1. The number of rotatable bonds is 6. The van der Waals surface area contributed by atoms with Crippen molar-refractivity contribution < 1.29 is 9.21 Å². The van der Waals surface area contributed by atoms with Crippen molar-refractivity contribution in [1.82, 2.24) is 20.2 Å². The average Bonchev–Trinajstić information content (AvgIpc) is 3.59. The van der Waals surface area contributed by atoms with Gasteiger partial charge in [0.05, 0.1) is 17.7 Å². The summed E-state index contributed by atoms with van der Waals surface area (Å²) in [4.78, 5) is 17.6. The van der Waals surface area contributed by atoms with Crippen LogP contribution in [0.15, 0.2) is 87.7 Å². The molecule has 2 aromatic heterocycles. The van der Waals surface area contributed by atoms with Gasteiger partial charge in [-0.1, -0.05) is 71.9 Å². The Hall–Kier alpha value is -3.65. The van der Waals surface area contributed by atoms with Crippen LogP contribution in [0.5, 0.6) is 0 Å². The predicted molar refractivity (Wildman–Crippen MR) is 123 cm³/mol. The van der Waals surface area contributed by atoms with Crippen molar-refractivity contribution in [3.05, 3.63) is 89.9 Å². The molecule has 2 aromatic carbocycles. The zero-order chi connectivity index (χ0) is 21.9. The maximum absolute atomic E-state index is 13.1. The van der Waals surface area contributed by atoms with Gasteiger partial charge in [0.2, 0.25) is 5.16 Å². The molecule has 7 nitrogen and oxygen atoms in total. The first-order chi connectivity index (χ1) is 15.7. The normalized spacial score (nSPS) is 15.7. The predicted octanol–water partition coefficient (Wildman–Crippen LogP) is 4.84. The van der Waals surface area contributed by atoms with Crippen LogP contribution in [-0.4, -0.2) is 37.6 Å². The molecule has 1 atom stereocenters. The lowest BCUT2D eigenvalue weighted by Gasteiger charge is -2.19. The average molecular weight is 444 g/mol. The number of hydrogen-bond donors (Lipinski definition) is 1. The fourth-order valence-electron chi connectivity index (χ4n) is 3.59. The van der Waals surface area contributed by atoms with Gasteiger partial charge in [0.1, 0.15) is 11.8 Å². The minimum atomic E-state index is -0.263. The van der Waals surface area contributed by atoms with E-state index in [4.69, 9.17) is 4.42 Å². The molecule has 32 heavy (non-hydrogen) atoms. The van der Waals surface area contributed by atoms with Gasteiger partial charge >= 0.3 is 0 Å². The molecular weight excluding hydrogens is 422 g/mol. The molecule has 0 fully saturated rings. The number of aryl methyl sites for hydroxylation is 1. The van der Waals surface area contributed by atoms with Gasteiger partial charge in [0, 0.05) is 12.0 Å². The molecule has 0 radical (unpaired) electrons. The number of carbonyl (C=O) groups excluding carboxylic acids is 1. The maximum atomic E-state index is 13.1. The number of hydrogen-bond acceptors (Lipinski definition) is 6. The molecule has 4 aromatic rings. The van der Waals surface area contributed by atoms with Gasteiger partial charge < -0.3 is 4.42 Å². The first kappa shape index (κ1) is 20.3. The lowest BCUT2D eigenvalue weighted by molar-refractivity contribution is -0.130. The van der Waals surface area contributed by atoms with E-state index in [0.717, 1.165) is 22.6 Å². The molecule has 1 aliphatic rings. The monoisotopic (exact) mass is 443 g/mol. The van der Waals surface area contributed by atoms with Crippen LogP contribution in [0.1, 0.15) is 29.3 Å². The summed E-state index contributed by atoms with van der Waals surface area (Å²) in [7, 11) is 0. The first-order valence-corrected chi connectivity index (χ1v) is 11.3. The van der Waals surface area contributed by atoms with E-state index in [9.17, 15) is 4.79 Å². The zero-order valence-electron chi connectivity index (χ0n) is 17.4. The molecule has 0 bridgehead atoms. The van der Waals surface area contributed by atoms with E-state index in [2.05, 4.69) is 20.3 Å². The Morgan fingerprint density at radius 1 is 1.09 bits per heavy atom. The van der Waals surface area contributed by atoms with Crippen molar-refractivity contribution in [1.29, 1.82) is 0 Å². The number of furan rings is 1. The van der Waals surface area contributed by atoms with Crippen molar-refractivity contribution in [3.8, 4) is 11.4 Å². The molecular formula is C24H21N5O2S. The molecule has 0 unspecified atom stereocenters. The number of hydrazone groups is 1. The summed E-state index contributed by atoms with van der Waals surface area (Å²) >= 11 is 1.28. The Balaban J connectivity index is 1.32.